The number of hydrogen-bond acceptors (Lipinski definition) is 3. The monoisotopic (exact) mass is 215 g/mol. The molecule has 0 aromatic rings. The smallest absolute Gasteiger partial charge is 0.133 e. The number of hydrogen-bond donors (Lipinski definition) is 0. The van der Waals surface area contributed by atoms with Crippen molar-refractivity contribution >= 4 is 11.9 Å². The van der Waals surface area contributed by atoms with Crippen molar-refractivity contribution in [3.63, 3.8) is 0 Å². The van der Waals surface area contributed by atoms with Gasteiger partial charge in [-0.1, -0.05) is 18.9 Å². The largest absolute Gasteiger partial charge is 0.355 e. The predicted molar refractivity (Wildman–Crippen MR) is 61.1 cm³/mol. The summed E-state index contributed by atoms with van der Waals surface area (Å²) in [6, 6.07) is 0. The summed E-state index contributed by atoms with van der Waals surface area (Å²) in [6.45, 7) is 5.59. The molecular formula is C11H21NOS. The lowest BCUT2D eigenvalue weighted by Crippen LogP contribution is -2.44. The summed E-state index contributed by atoms with van der Waals surface area (Å²) < 4.78 is 8.71. The van der Waals surface area contributed by atoms with Crippen LogP contribution in [0.3, 0.4) is 0 Å². The van der Waals surface area contributed by atoms with Crippen LogP contribution in [0.2, 0.25) is 0 Å². The van der Waals surface area contributed by atoms with E-state index in [2.05, 4.69) is 24.4 Å². The molecule has 1 saturated carbocycles. The Kier molecular flexibility index (Phi) is 3.10. The molecule has 0 aromatic carbocycles. The molecular weight excluding hydrogens is 194 g/mol. The minimum absolute atomic E-state index is 0.0909. The van der Waals surface area contributed by atoms with E-state index in [1.54, 1.807) is 0 Å². The highest BCUT2D eigenvalue weighted by Crippen LogP contribution is 2.49. The third kappa shape index (κ3) is 1.50. The standard InChI is InChI=1S/C11H21NOS/c1-4-10-6-5-7-11(10)12(14-3)8-9(2)13-11/h9-10H,4-8H2,1-3H3. The zero-order valence-electron chi connectivity index (χ0n) is 9.45. The Balaban J connectivity index is 2.19. The molecule has 1 spiro atoms. The topological polar surface area (TPSA) is 12.5 Å². The van der Waals surface area contributed by atoms with E-state index in [4.69, 9.17) is 4.74 Å². The first-order valence-corrected chi connectivity index (χ1v) is 6.90. The first kappa shape index (κ1) is 10.8. The molecule has 2 fully saturated rings. The summed E-state index contributed by atoms with van der Waals surface area (Å²) >= 11 is 1.86. The molecule has 1 aliphatic heterocycles. The Hall–Kier alpha value is 0.270. The van der Waals surface area contributed by atoms with Crippen LogP contribution in [0.1, 0.15) is 39.5 Å². The molecule has 82 valence electrons. The van der Waals surface area contributed by atoms with Crippen molar-refractivity contribution in [2.24, 2.45) is 5.92 Å². The molecule has 2 nitrogen and oxygen atoms in total. The van der Waals surface area contributed by atoms with Gasteiger partial charge in [0.05, 0.1) is 6.10 Å². The molecule has 3 heteroatoms. The van der Waals surface area contributed by atoms with Crippen LogP contribution in [0.25, 0.3) is 0 Å². The molecule has 3 atom stereocenters. The first-order valence-electron chi connectivity index (χ1n) is 5.72. The van der Waals surface area contributed by atoms with Crippen LogP contribution in [0.5, 0.6) is 0 Å². The lowest BCUT2D eigenvalue weighted by Gasteiger charge is -2.37. The van der Waals surface area contributed by atoms with Gasteiger partial charge in [0, 0.05) is 12.5 Å². The van der Waals surface area contributed by atoms with E-state index in [-0.39, 0.29) is 5.72 Å². The van der Waals surface area contributed by atoms with Gasteiger partial charge in [0.15, 0.2) is 0 Å². The molecule has 1 saturated heterocycles. The maximum absolute atomic E-state index is 6.22. The highest BCUT2D eigenvalue weighted by molar-refractivity contribution is 7.96. The maximum atomic E-state index is 6.22. The zero-order valence-corrected chi connectivity index (χ0v) is 10.3. The lowest BCUT2D eigenvalue weighted by molar-refractivity contribution is -0.0986. The van der Waals surface area contributed by atoms with E-state index in [1.165, 1.54) is 25.7 Å². The Bertz CT molecular complexity index is 211. The van der Waals surface area contributed by atoms with Gasteiger partial charge < -0.3 is 4.74 Å². The van der Waals surface area contributed by atoms with E-state index >= 15 is 0 Å². The van der Waals surface area contributed by atoms with Gasteiger partial charge in [-0.15, -0.1) is 0 Å². The number of ether oxygens (including phenoxy) is 1. The third-order valence-corrected chi connectivity index (χ3v) is 4.59. The van der Waals surface area contributed by atoms with Crippen molar-refractivity contribution in [1.29, 1.82) is 0 Å². The first-order chi connectivity index (χ1) is 6.73. The highest BCUT2D eigenvalue weighted by atomic mass is 32.2. The van der Waals surface area contributed by atoms with E-state index in [0.717, 1.165) is 12.5 Å². The normalized spacial score (nSPS) is 43.9. The third-order valence-electron chi connectivity index (χ3n) is 3.69. The van der Waals surface area contributed by atoms with Crippen LogP contribution >= 0.6 is 11.9 Å². The van der Waals surface area contributed by atoms with Crippen LogP contribution in [-0.2, 0) is 4.74 Å². The summed E-state index contributed by atoms with van der Waals surface area (Å²) in [5.41, 5.74) is 0.0909. The molecule has 0 aromatic heterocycles. The van der Waals surface area contributed by atoms with Gasteiger partial charge in [-0.05, 0) is 38.9 Å². The summed E-state index contributed by atoms with van der Waals surface area (Å²) in [6.07, 6.45) is 7.76. The molecule has 0 bridgehead atoms. The Morgan fingerprint density at radius 3 is 3.00 bits per heavy atom. The van der Waals surface area contributed by atoms with Gasteiger partial charge in [0.1, 0.15) is 5.72 Å². The molecule has 2 aliphatic rings. The van der Waals surface area contributed by atoms with Crippen LogP contribution in [0.4, 0.5) is 0 Å². The second-order valence-electron chi connectivity index (χ2n) is 4.51. The van der Waals surface area contributed by atoms with E-state index in [1.807, 2.05) is 11.9 Å². The number of nitrogens with zero attached hydrogens (tertiary/aromatic N) is 1. The molecule has 2 rings (SSSR count). The summed E-state index contributed by atoms with van der Waals surface area (Å²) in [4.78, 5) is 0. The van der Waals surface area contributed by atoms with Gasteiger partial charge in [0.2, 0.25) is 0 Å². The quantitative estimate of drug-likeness (QED) is 0.657. The Labute approximate surface area is 91.5 Å². The average molecular weight is 215 g/mol. The fourth-order valence-corrected chi connectivity index (χ4v) is 4.05. The second kappa shape index (κ2) is 4.03. The van der Waals surface area contributed by atoms with E-state index in [0.29, 0.717) is 6.10 Å². The molecule has 1 heterocycles. The molecule has 1 aliphatic carbocycles. The molecule has 0 radical (unpaired) electrons. The van der Waals surface area contributed by atoms with E-state index < -0.39 is 0 Å². The predicted octanol–water partition coefficient (Wildman–Crippen LogP) is 2.89. The average Bonchev–Trinajstić information content (AvgIpc) is 2.71. The summed E-state index contributed by atoms with van der Waals surface area (Å²) in [7, 11) is 0. The van der Waals surface area contributed by atoms with Crippen LogP contribution in [0.15, 0.2) is 0 Å². The van der Waals surface area contributed by atoms with Crippen LogP contribution in [-0.4, -0.2) is 28.9 Å². The van der Waals surface area contributed by atoms with Crippen molar-refractivity contribution in [2.75, 3.05) is 12.8 Å². The Morgan fingerprint density at radius 1 is 1.57 bits per heavy atom. The van der Waals surface area contributed by atoms with Crippen LogP contribution in [0, 0.1) is 5.92 Å². The minimum atomic E-state index is 0.0909. The fourth-order valence-electron chi connectivity index (χ4n) is 3.10. The molecule has 0 amide bonds. The van der Waals surface area contributed by atoms with Crippen molar-refractivity contribution in [1.82, 2.24) is 4.31 Å². The van der Waals surface area contributed by atoms with Crippen molar-refractivity contribution in [2.45, 2.75) is 51.4 Å². The van der Waals surface area contributed by atoms with Gasteiger partial charge in [-0.25, -0.2) is 4.31 Å². The summed E-state index contributed by atoms with van der Waals surface area (Å²) in [5, 5.41) is 0. The minimum Gasteiger partial charge on any atom is -0.355 e. The zero-order chi connectivity index (χ0) is 10.2. The maximum Gasteiger partial charge on any atom is 0.133 e. The molecule has 14 heavy (non-hydrogen) atoms. The van der Waals surface area contributed by atoms with Gasteiger partial charge >= 0.3 is 0 Å². The SMILES string of the molecule is CCC1CCCC12OC(C)CN2SC. The van der Waals surface area contributed by atoms with Crippen LogP contribution < -0.4 is 0 Å². The van der Waals surface area contributed by atoms with Crippen molar-refractivity contribution in [3.8, 4) is 0 Å². The number of rotatable bonds is 2. The van der Waals surface area contributed by atoms with E-state index in [9.17, 15) is 0 Å². The van der Waals surface area contributed by atoms with Crippen molar-refractivity contribution in [3.05, 3.63) is 0 Å². The van der Waals surface area contributed by atoms with Gasteiger partial charge in [-0.2, -0.15) is 0 Å². The van der Waals surface area contributed by atoms with Crippen molar-refractivity contribution < 1.29 is 4.74 Å². The summed E-state index contributed by atoms with van der Waals surface area (Å²) in [5.74, 6) is 0.750. The van der Waals surface area contributed by atoms with Gasteiger partial charge in [-0.3, -0.25) is 0 Å². The lowest BCUT2D eigenvalue weighted by atomic mass is 9.97. The molecule has 0 N–H and O–H groups in total. The Morgan fingerprint density at radius 2 is 2.36 bits per heavy atom. The second-order valence-corrected chi connectivity index (χ2v) is 5.32. The van der Waals surface area contributed by atoms with Gasteiger partial charge in [0.25, 0.3) is 0 Å². The molecule has 3 unspecified atom stereocenters. The highest BCUT2D eigenvalue weighted by Gasteiger charge is 2.52. The fraction of sp³-hybridized carbons (Fsp3) is 1.00.